The summed E-state index contributed by atoms with van der Waals surface area (Å²) in [5, 5.41) is 2.77. The molecule has 23 heavy (non-hydrogen) atoms. The molecule has 4 heteroatoms. The summed E-state index contributed by atoms with van der Waals surface area (Å²) in [6.45, 7) is 5.24. The minimum Gasteiger partial charge on any atom is -0.466 e. The van der Waals surface area contributed by atoms with Gasteiger partial charge >= 0.3 is 5.97 Å². The summed E-state index contributed by atoms with van der Waals surface area (Å²) < 4.78 is 5.18. The van der Waals surface area contributed by atoms with E-state index in [9.17, 15) is 9.59 Å². The molecule has 0 aromatic rings. The Balaban J connectivity index is 3.29. The van der Waals surface area contributed by atoms with Crippen molar-refractivity contribution in [3.63, 3.8) is 0 Å². The molecule has 136 valence electrons. The number of amides is 1. The molecule has 0 aromatic heterocycles. The van der Waals surface area contributed by atoms with E-state index in [1.165, 1.54) is 38.5 Å². The van der Waals surface area contributed by atoms with E-state index in [-0.39, 0.29) is 18.3 Å². The van der Waals surface area contributed by atoms with E-state index in [4.69, 9.17) is 4.74 Å². The summed E-state index contributed by atoms with van der Waals surface area (Å²) in [5.41, 5.74) is 0. The van der Waals surface area contributed by atoms with Crippen LogP contribution in [0.5, 0.6) is 0 Å². The summed E-state index contributed by atoms with van der Waals surface area (Å²) in [7, 11) is 0. The van der Waals surface area contributed by atoms with Crippen LogP contribution in [-0.2, 0) is 14.3 Å². The first kappa shape index (κ1) is 21.9. The van der Waals surface area contributed by atoms with Crippen LogP contribution in [0.25, 0.3) is 0 Å². The van der Waals surface area contributed by atoms with Crippen molar-refractivity contribution in [2.45, 2.75) is 97.3 Å². The number of carbonyl (C=O) groups is 2. The van der Waals surface area contributed by atoms with Gasteiger partial charge in [0, 0.05) is 13.0 Å². The van der Waals surface area contributed by atoms with Gasteiger partial charge in [-0.3, -0.25) is 9.59 Å². The smallest absolute Gasteiger partial charge is 0.307 e. The Hall–Kier alpha value is -1.06. The third kappa shape index (κ3) is 17.1. The third-order valence-corrected chi connectivity index (χ3v) is 3.92. The van der Waals surface area contributed by atoms with Crippen LogP contribution >= 0.6 is 0 Å². The maximum Gasteiger partial charge on any atom is 0.307 e. The number of esters is 1. The molecule has 0 saturated carbocycles. The van der Waals surface area contributed by atoms with E-state index in [2.05, 4.69) is 19.2 Å². The molecule has 0 unspecified atom stereocenters. The largest absolute Gasteiger partial charge is 0.466 e. The van der Waals surface area contributed by atoms with Crippen LogP contribution < -0.4 is 5.32 Å². The molecule has 0 atom stereocenters. The van der Waals surface area contributed by atoms with Crippen LogP contribution in [0.1, 0.15) is 97.3 Å². The number of nitrogens with one attached hydrogen (secondary N) is 1. The average molecular weight is 328 g/mol. The third-order valence-electron chi connectivity index (χ3n) is 3.92. The monoisotopic (exact) mass is 327 g/mol. The minimum atomic E-state index is -0.207. The predicted molar refractivity (Wildman–Crippen MR) is 95.3 cm³/mol. The van der Waals surface area contributed by atoms with Crippen molar-refractivity contribution in [2.24, 2.45) is 0 Å². The van der Waals surface area contributed by atoms with Crippen LogP contribution in [0.4, 0.5) is 0 Å². The van der Waals surface area contributed by atoms with Gasteiger partial charge in [-0.2, -0.15) is 0 Å². The van der Waals surface area contributed by atoms with Crippen LogP contribution in [0.2, 0.25) is 0 Å². The topological polar surface area (TPSA) is 55.4 Å². The highest BCUT2D eigenvalue weighted by Crippen LogP contribution is 2.08. The Bertz CT molecular complexity index is 292. The van der Waals surface area contributed by atoms with E-state index in [1.54, 1.807) is 0 Å². The van der Waals surface area contributed by atoms with Crippen LogP contribution in [0.15, 0.2) is 0 Å². The van der Waals surface area contributed by atoms with Gasteiger partial charge in [-0.15, -0.1) is 0 Å². The van der Waals surface area contributed by atoms with Gasteiger partial charge in [0.15, 0.2) is 0 Å². The summed E-state index contributed by atoms with van der Waals surface area (Å²) >= 11 is 0. The molecular formula is C19H37NO3. The Morgan fingerprint density at radius 3 is 1.96 bits per heavy atom. The van der Waals surface area contributed by atoms with E-state index in [1.807, 2.05) is 0 Å². The van der Waals surface area contributed by atoms with Crippen molar-refractivity contribution >= 4 is 11.9 Å². The van der Waals surface area contributed by atoms with Gasteiger partial charge in [0.05, 0.1) is 13.0 Å². The van der Waals surface area contributed by atoms with Crippen LogP contribution in [0, 0.1) is 0 Å². The lowest BCUT2D eigenvalue weighted by Gasteiger charge is -2.06. The van der Waals surface area contributed by atoms with Crippen molar-refractivity contribution in [1.29, 1.82) is 0 Å². The molecule has 4 nitrogen and oxygen atoms in total. The fraction of sp³-hybridized carbons (Fsp3) is 0.895. The van der Waals surface area contributed by atoms with Crippen molar-refractivity contribution < 1.29 is 14.3 Å². The lowest BCUT2D eigenvalue weighted by atomic mass is 10.1. The first-order chi connectivity index (χ1) is 11.2. The van der Waals surface area contributed by atoms with Crippen LogP contribution in [-0.4, -0.2) is 25.0 Å². The van der Waals surface area contributed by atoms with Gasteiger partial charge in [-0.1, -0.05) is 71.6 Å². The maximum absolute atomic E-state index is 11.5. The standard InChI is InChI=1S/C19H37NO3/c1-3-5-7-8-9-10-11-13-17-23-19(22)15-16-20-18(21)14-12-6-4-2/h3-17H2,1-2H3,(H,20,21). The number of carbonyl (C=O) groups excluding carboxylic acids is 2. The van der Waals surface area contributed by atoms with Crippen molar-refractivity contribution in [3.8, 4) is 0 Å². The number of rotatable bonds is 16. The summed E-state index contributed by atoms with van der Waals surface area (Å²) in [4.78, 5) is 23.0. The Morgan fingerprint density at radius 1 is 0.739 bits per heavy atom. The molecule has 0 radical (unpaired) electrons. The molecule has 0 saturated heterocycles. The lowest BCUT2D eigenvalue weighted by Crippen LogP contribution is -2.26. The molecule has 0 aromatic carbocycles. The molecule has 0 rings (SSSR count). The molecule has 0 aliphatic carbocycles. The van der Waals surface area contributed by atoms with E-state index in [0.717, 1.165) is 32.1 Å². The van der Waals surface area contributed by atoms with Gasteiger partial charge in [0.25, 0.3) is 0 Å². The summed E-state index contributed by atoms with van der Waals surface area (Å²) in [5.74, 6) is -0.170. The van der Waals surface area contributed by atoms with E-state index in [0.29, 0.717) is 19.6 Å². The number of ether oxygens (including phenoxy) is 1. The number of hydrogen-bond acceptors (Lipinski definition) is 3. The molecule has 0 heterocycles. The highest BCUT2D eigenvalue weighted by molar-refractivity contribution is 5.76. The second-order valence-electron chi connectivity index (χ2n) is 6.25. The average Bonchev–Trinajstić information content (AvgIpc) is 2.53. The molecule has 0 fully saturated rings. The summed E-state index contributed by atoms with van der Waals surface area (Å²) in [6, 6.07) is 0. The van der Waals surface area contributed by atoms with Gasteiger partial charge < -0.3 is 10.1 Å². The molecule has 1 amide bonds. The number of hydrogen-bond donors (Lipinski definition) is 1. The van der Waals surface area contributed by atoms with Gasteiger partial charge in [0.1, 0.15) is 0 Å². The zero-order valence-electron chi connectivity index (χ0n) is 15.3. The maximum atomic E-state index is 11.5. The molecule has 0 aliphatic heterocycles. The first-order valence-electron chi connectivity index (χ1n) is 9.63. The van der Waals surface area contributed by atoms with Gasteiger partial charge in [-0.25, -0.2) is 0 Å². The fourth-order valence-electron chi connectivity index (χ4n) is 2.42. The highest BCUT2D eigenvalue weighted by atomic mass is 16.5. The van der Waals surface area contributed by atoms with Gasteiger partial charge in [-0.05, 0) is 12.8 Å². The van der Waals surface area contributed by atoms with Gasteiger partial charge in [0.2, 0.25) is 5.91 Å². The van der Waals surface area contributed by atoms with Crippen molar-refractivity contribution in [3.05, 3.63) is 0 Å². The Morgan fingerprint density at radius 2 is 1.30 bits per heavy atom. The summed E-state index contributed by atoms with van der Waals surface area (Å²) in [6.07, 6.45) is 13.8. The quantitative estimate of drug-likeness (QED) is 0.328. The van der Waals surface area contributed by atoms with E-state index >= 15 is 0 Å². The normalized spacial score (nSPS) is 10.5. The molecule has 0 aliphatic rings. The van der Waals surface area contributed by atoms with Crippen LogP contribution in [0.3, 0.4) is 0 Å². The zero-order valence-corrected chi connectivity index (χ0v) is 15.3. The minimum absolute atomic E-state index is 0.0364. The second-order valence-corrected chi connectivity index (χ2v) is 6.25. The van der Waals surface area contributed by atoms with E-state index < -0.39 is 0 Å². The molecular weight excluding hydrogens is 290 g/mol. The second kappa shape index (κ2) is 17.3. The number of unbranched alkanes of at least 4 members (excludes halogenated alkanes) is 9. The zero-order chi connectivity index (χ0) is 17.2. The predicted octanol–water partition coefficient (Wildman–Crippen LogP) is 4.76. The highest BCUT2D eigenvalue weighted by Gasteiger charge is 2.05. The first-order valence-corrected chi connectivity index (χ1v) is 9.63. The molecule has 0 spiro atoms. The lowest BCUT2D eigenvalue weighted by molar-refractivity contribution is -0.143. The Kier molecular flexibility index (Phi) is 16.5. The van der Waals surface area contributed by atoms with Crippen molar-refractivity contribution in [1.82, 2.24) is 5.32 Å². The SMILES string of the molecule is CCCCCCCCCCOC(=O)CCNC(=O)CCCCC. The molecule has 1 N–H and O–H groups in total. The Labute approximate surface area is 142 Å². The molecule has 0 bridgehead atoms. The fourth-order valence-corrected chi connectivity index (χ4v) is 2.42. The van der Waals surface area contributed by atoms with Crippen molar-refractivity contribution in [2.75, 3.05) is 13.2 Å².